The first-order valence-corrected chi connectivity index (χ1v) is 8.55. The largest absolute Gasteiger partial charge is 0.497 e. The number of benzene rings is 2. The zero-order chi connectivity index (χ0) is 15.7. The Bertz CT molecular complexity index is 804. The average Bonchev–Trinajstić information content (AvgIpc) is 2.90. The van der Waals surface area contributed by atoms with E-state index in [2.05, 4.69) is 34.7 Å². The van der Waals surface area contributed by atoms with Crippen LogP contribution in [0.15, 0.2) is 36.4 Å². The van der Waals surface area contributed by atoms with Crippen molar-refractivity contribution in [1.82, 2.24) is 0 Å². The van der Waals surface area contributed by atoms with Crippen LogP contribution < -0.4 is 14.2 Å². The lowest BCUT2D eigenvalue weighted by Gasteiger charge is -2.07. The normalized spacial score (nSPS) is 10.7. The van der Waals surface area contributed by atoms with Crippen molar-refractivity contribution in [3.05, 3.63) is 40.0 Å². The lowest BCUT2D eigenvalue weighted by atomic mass is 10.1. The molecule has 0 spiro atoms. The van der Waals surface area contributed by atoms with E-state index in [9.17, 15) is 0 Å². The summed E-state index contributed by atoms with van der Waals surface area (Å²) in [5.41, 5.74) is 1.10. The van der Waals surface area contributed by atoms with Gasteiger partial charge in [-0.05, 0) is 52.9 Å². The molecular weight excluding hydrogens is 411 g/mol. The number of methoxy groups -OCH3 is 3. The van der Waals surface area contributed by atoms with E-state index in [4.69, 9.17) is 14.2 Å². The third kappa shape index (κ3) is 2.75. The molecule has 0 unspecified atom stereocenters. The van der Waals surface area contributed by atoms with Crippen molar-refractivity contribution in [3.8, 4) is 27.7 Å². The minimum Gasteiger partial charge on any atom is -0.497 e. The Hall–Kier alpha value is -1.47. The van der Waals surface area contributed by atoms with Gasteiger partial charge in [0.2, 0.25) is 0 Å². The quantitative estimate of drug-likeness (QED) is 0.537. The van der Waals surface area contributed by atoms with Crippen molar-refractivity contribution >= 4 is 44.0 Å². The third-order valence-corrected chi connectivity index (χ3v) is 6.15. The van der Waals surface area contributed by atoms with E-state index in [1.54, 1.807) is 32.7 Å². The summed E-state index contributed by atoms with van der Waals surface area (Å²) >= 11 is 4.15. The molecule has 0 N–H and O–H groups in total. The van der Waals surface area contributed by atoms with Gasteiger partial charge in [0, 0.05) is 30.2 Å². The predicted octanol–water partition coefficient (Wildman–Crippen LogP) is 5.20. The van der Waals surface area contributed by atoms with Gasteiger partial charge in [0.05, 0.1) is 21.3 Å². The van der Waals surface area contributed by atoms with Crippen molar-refractivity contribution in [3.63, 3.8) is 0 Å². The Morgan fingerprint density at radius 2 is 1.45 bits per heavy atom. The Morgan fingerprint density at radius 1 is 0.818 bits per heavy atom. The maximum atomic E-state index is 5.37. The van der Waals surface area contributed by atoms with Crippen LogP contribution in [0.5, 0.6) is 17.2 Å². The Kier molecular flexibility index (Phi) is 4.44. The molecule has 0 saturated carbocycles. The van der Waals surface area contributed by atoms with Crippen molar-refractivity contribution < 1.29 is 14.2 Å². The van der Waals surface area contributed by atoms with Crippen LogP contribution in [0.4, 0.5) is 0 Å². The van der Waals surface area contributed by atoms with E-state index in [0.717, 1.165) is 22.8 Å². The molecule has 0 fully saturated rings. The topological polar surface area (TPSA) is 27.7 Å². The van der Waals surface area contributed by atoms with Crippen LogP contribution in [0.2, 0.25) is 0 Å². The molecule has 0 radical (unpaired) electrons. The Morgan fingerprint density at radius 3 is 2.05 bits per heavy atom. The molecule has 3 aromatic rings. The van der Waals surface area contributed by atoms with Gasteiger partial charge < -0.3 is 14.2 Å². The van der Waals surface area contributed by atoms with Gasteiger partial charge in [-0.2, -0.15) is 0 Å². The van der Waals surface area contributed by atoms with E-state index in [0.29, 0.717) is 0 Å². The second-order valence-electron chi connectivity index (χ2n) is 4.71. The number of rotatable bonds is 4. The fourth-order valence-corrected chi connectivity index (χ4v) is 4.63. The van der Waals surface area contributed by atoms with Crippen molar-refractivity contribution in [2.24, 2.45) is 0 Å². The first kappa shape index (κ1) is 15.4. The zero-order valence-electron chi connectivity index (χ0n) is 12.5. The van der Waals surface area contributed by atoms with Gasteiger partial charge >= 0.3 is 0 Å². The second-order valence-corrected chi connectivity index (χ2v) is 6.84. The lowest BCUT2D eigenvalue weighted by molar-refractivity contribution is 0.394. The van der Waals surface area contributed by atoms with E-state index in [1.807, 2.05) is 24.3 Å². The maximum Gasteiger partial charge on any atom is 0.123 e. The molecule has 2 aromatic carbocycles. The summed E-state index contributed by atoms with van der Waals surface area (Å²) in [6.07, 6.45) is 0. The highest BCUT2D eigenvalue weighted by Crippen LogP contribution is 2.42. The molecule has 0 bridgehead atoms. The van der Waals surface area contributed by atoms with Crippen LogP contribution in [0.3, 0.4) is 0 Å². The highest BCUT2D eigenvalue weighted by molar-refractivity contribution is 14.1. The molecular formula is C17H15IO3S. The van der Waals surface area contributed by atoms with Gasteiger partial charge in [0.1, 0.15) is 17.2 Å². The van der Waals surface area contributed by atoms with Crippen LogP contribution in [-0.4, -0.2) is 21.3 Å². The summed E-state index contributed by atoms with van der Waals surface area (Å²) in [4.78, 5) is 1.21. The van der Waals surface area contributed by atoms with Crippen LogP contribution in [0.25, 0.3) is 20.5 Å². The van der Waals surface area contributed by atoms with Gasteiger partial charge in [-0.1, -0.05) is 0 Å². The number of hydrogen-bond donors (Lipinski definition) is 0. The van der Waals surface area contributed by atoms with Gasteiger partial charge in [-0.3, -0.25) is 0 Å². The molecule has 0 amide bonds. The maximum absolute atomic E-state index is 5.37. The molecule has 0 saturated heterocycles. The summed E-state index contributed by atoms with van der Waals surface area (Å²) in [6.45, 7) is 0. The molecule has 0 aliphatic heterocycles. The zero-order valence-corrected chi connectivity index (χ0v) is 15.4. The first-order valence-electron chi connectivity index (χ1n) is 6.65. The van der Waals surface area contributed by atoms with Gasteiger partial charge in [-0.15, -0.1) is 11.3 Å². The smallest absolute Gasteiger partial charge is 0.123 e. The Labute approximate surface area is 147 Å². The van der Waals surface area contributed by atoms with E-state index in [-0.39, 0.29) is 0 Å². The third-order valence-electron chi connectivity index (χ3n) is 3.45. The second kappa shape index (κ2) is 6.34. The number of halogens is 1. The van der Waals surface area contributed by atoms with E-state index >= 15 is 0 Å². The fourth-order valence-electron chi connectivity index (χ4n) is 2.30. The summed E-state index contributed by atoms with van der Waals surface area (Å²) in [5.74, 6) is 2.46. The summed E-state index contributed by atoms with van der Waals surface area (Å²) < 4.78 is 18.5. The number of thiophene rings is 1. The van der Waals surface area contributed by atoms with Crippen LogP contribution >= 0.6 is 33.9 Å². The van der Waals surface area contributed by atoms with Crippen molar-refractivity contribution in [2.75, 3.05) is 21.3 Å². The molecule has 5 heteroatoms. The van der Waals surface area contributed by atoms with Gasteiger partial charge in [0.15, 0.2) is 0 Å². The molecule has 3 rings (SSSR count). The minimum atomic E-state index is 0.792. The molecule has 1 heterocycles. The van der Waals surface area contributed by atoms with Crippen molar-refractivity contribution in [1.29, 1.82) is 0 Å². The van der Waals surface area contributed by atoms with Crippen molar-refractivity contribution in [2.45, 2.75) is 0 Å². The lowest BCUT2D eigenvalue weighted by Crippen LogP contribution is -1.88. The Balaban J connectivity index is 2.19. The molecule has 0 atom stereocenters. The standard InChI is InChI=1S/C17H15IO3S/c1-19-11-4-5-15-14(9-11)16(18)17(22-15)10-6-12(20-2)8-13(7-10)21-3/h4-9H,1-3H3. The molecule has 22 heavy (non-hydrogen) atoms. The van der Waals surface area contributed by atoms with Gasteiger partial charge in [0.25, 0.3) is 0 Å². The fraction of sp³-hybridized carbons (Fsp3) is 0.176. The monoisotopic (exact) mass is 426 g/mol. The highest BCUT2D eigenvalue weighted by atomic mass is 127. The average molecular weight is 426 g/mol. The molecule has 0 aliphatic rings. The van der Waals surface area contributed by atoms with Crippen LogP contribution in [0.1, 0.15) is 0 Å². The number of ether oxygens (including phenoxy) is 3. The van der Waals surface area contributed by atoms with E-state index < -0.39 is 0 Å². The minimum absolute atomic E-state index is 0.792. The summed E-state index contributed by atoms with van der Waals surface area (Å²) in [6, 6.07) is 12.1. The van der Waals surface area contributed by atoms with Gasteiger partial charge in [-0.25, -0.2) is 0 Å². The molecule has 114 valence electrons. The van der Waals surface area contributed by atoms with E-state index in [1.165, 1.54) is 18.5 Å². The van der Waals surface area contributed by atoms with Crippen LogP contribution in [-0.2, 0) is 0 Å². The molecule has 0 aliphatic carbocycles. The summed E-state index contributed by atoms with van der Waals surface area (Å²) in [7, 11) is 5.02. The predicted molar refractivity (Wildman–Crippen MR) is 99.6 cm³/mol. The first-order chi connectivity index (χ1) is 10.7. The highest BCUT2D eigenvalue weighted by Gasteiger charge is 2.14. The summed E-state index contributed by atoms with van der Waals surface area (Å²) in [5, 5.41) is 1.21. The molecule has 1 aromatic heterocycles. The molecule has 3 nitrogen and oxygen atoms in total. The SMILES string of the molecule is COc1cc(OC)cc(-c2sc3ccc(OC)cc3c2I)c1. The number of hydrogen-bond acceptors (Lipinski definition) is 4. The number of fused-ring (bicyclic) bond motifs is 1. The van der Waals surface area contributed by atoms with Crippen LogP contribution in [0, 0.1) is 3.57 Å².